The number of para-hydroxylation sites is 2. The number of benzene rings is 6. The Morgan fingerprint density at radius 1 is 0.610 bits per heavy atom. The van der Waals surface area contributed by atoms with E-state index in [9.17, 15) is 6.48 Å². The molecule has 4 nitrogen and oxygen atoms in total. The Hall–Kier alpha value is -5.57. The van der Waals surface area contributed by atoms with Crippen molar-refractivity contribution in [2.75, 3.05) is 0 Å². The molecule has 5 heteroatoms. The van der Waals surface area contributed by atoms with Gasteiger partial charge < -0.3 is 5.11 Å². The fraction of sp³-hybridized carbons (Fsp3) is 0.222. The number of hydrogen-bond donors (Lipinski definition) is 1. The van der Waals surface area contributed by atoms with Crippen LogP contribution in [0.25, 0.3) is 72.7 Å². The van der Waals surface area contributed by atoms with Gasteiger partial charge in [-0.15, -0.1) is 29.3 Å². The summed E-state index contributed by atoms with van der Waals surface area (Å²) in [6.07, 6.45) is -0.746. The third-order valence-electron chi connectivity index (χ3n) is 10.1. The van der Waals surface area contributed by atoms with E-state index in [0.29, 0.717) is 39.1 Å². The van der Waals surface area contributed by atoms with E-state index in [1.165, 1.54) is 0 Å². The van der Waals surface area contributed by atoms with Crippen LogP contribution in [0.5, 0.6) is 5.75 Å². The number of aromatic nitrogens is 3. The van der Waals surface area contributed by atoms with E-state index in [2.05, 4.69) is 44.0 Å². The van der Waals surface area contributed by atoms with Crippen LogP contribution in [0, 0.1) is 6.07 Å². The number of rotatable bonds is 6. The molecule has 0 saturated carbocycles. The molecule has 0 spiro atoms. The number of hydrogen-bond acceptors (Lipinski definition) is 3. The minimum atomic E-state index is -3.92. The molecule has 0 atom stereocenters. The van der Waals surface area contributed by atoms with Crippen molar-refractivity contribution in [2.24, 2.45) is 0 Å². The average Bonchev–Trinajstić information content (AvgIpc) is 3.69. The van der Waals surface area contributed by atoms with Crippen molar-refractivity contribution in [3.8, 4) is 67.5 Å². The zero-order valence-electron chi connectivity index (χ0n) is 49.4. The minimum absolute atomic E-state index is 0. The number of phenols is 1. The van der Waals surface area contributed by atoms with Gasteiger partial charge in [-0.2, -0.15) is 0 Å². The summed E-state index contributed by atoms with van der Waals surface area (Å²) in [7, 11) is 0. The van der Waals surface area contributed by atoms with Crippen molar-refractivity contribution in [1.82, 2.24) is 14.5 Å². The maximum absolute atomic E-state index is 11.4. The van der Waals surface area contributed by atoms with E-state index >= 15 is 0 Å². The van der Waals surface area contributed by atoms with E-state index < -0.39 is 90.5 Å². The van der Waals surface area contributed by atoms with Gasteiger partial charge in [0, 0.05) is 50.8 Å². The Labute approximate surface area is 386 Å². The molecule has 0 aliphatic heterocycles. The van der Waals surface area contributed by atoms with Crippen molar-refractivity contribution >= 4 is 11.0 Å². The summed E-state index contributed by atoms with van der Waals surface area (Å²) in [6, 6.07) is 29.5. The van der Waals surface area contributed by atoms with E-state index in [1.807, 2.05) is 92.1 Å². The smallest absolute Gasteiger partial charge is 0.148 e. The summed E-state index contributed by atoms with van der Waals surface area (Å²) < 4.78 is 140. The molecule has 0 unspecified atom stereocenters. The number of phenolic OH excluding ortho intramolecular Hbond substituents is 1. The van der Waals surface area contributed by atoms with Crippen molar-refractivity contribution < 1.29 is 48.1 Å². The summed E-state index contributed by atoms with van der Waals surface area (Å²) in [5.74, 6) is 0.432. The van der Waals surface area contributed by atoms with Crippen molar-refractivity contribution in [3.63, 3.8) is 0 Å². The molecular formula is C54H52N3OPt-. The van der Waals surface area contributed by atoms with Crippen LogP contribution in [0.4, 0.5) is 0 Å². The van der Waals surface area contributed by atoms with Gasteiger partial charge in [-0.3, -0.25) is 9.55 Å². The maximum Gasteiger partial charge on any atom is 0.148 e. The van der Waals surface area contributed by atoms with Crippen molar-refractivity contribution in [2.45, 2.75) is 78.3 Å². The molecule has 8 rings (SSSR count). The van der Waals surface area contributed by atoms with Gasteiger partial charge in [0.2, 0.25) is 0 Å². The zero-order valence-corrected chi connectivity index (χ0v) is 35.7. The molecule has 2 heterocycles. The van der Waals surface area contributed by atoms with Crippen LogP contribution >= 0.6 is 0 Å². The molecule has 8 aromatic rings. The summed E-state index contributed by atoms with van der Waals surface area (Å²) in [5, 5.41) is 11.4. The third kappa shape index (κ3) is 8.34. The number of fused-ring (bicyclic) bond motifs is 1. The quantitative estimate of drug-likeness (QED) is 0.169. The topological polar surface area (TPSA) is 50.9 Å². The number of nitrogens with zero attached hydrogens (tertiary/aromatic N) is 3. The molecule has 0 radical (unpaired) electrons. The predicted octanol–water partition coefficient (Wildman–Crippen LogP) is 14.2. The zero-order chi connectivity index (χ0) is 54.6. The van der Waals surface area contributed by atoms with Gasteiger partial charge >= 0.3 is 0 Å². The van der Waals surface area contributed by atoms with E-state index in [-0.39, 0.29) is 43.5 Å². The molecular weight excluding hydrogens is 902 g/mol. The number of imidazole rings is 1. The van der Waals surface area contributed by atoms with Crippen LogP contribution in [0.1, 0.15) is 101 Å². The average molecular weight is 970 g/mol. The summed E-state index contributed by atoms with van der Waals surface area (Å²) in [4.78, 5) is 9.64. The Bertz CT molecular complexity index is 3470. The number of pyridine rings is 1. The molecule has 2 aromatic heterocycles. The van der Waals surface area contributed by atoms with Gasteiger partial charge in [-0.1, -0.05) is 164 Å². The first kappa shape index (κ1) is 25.8. The Morgan fingerprint density at radius 2 is 1.29 bits per heavy atom. The Morgan fingerprint density at radius 3 is 1.98 bits per heavy atom. The van der Waals surface area contributed by atoms with Crippen LogP contribution in [0.3, 0.4) is 0 Å². The largest absolute Gasteiger partial charge is 0.507 e. The molecule has 300 valence electrons. The molecule has 0 amide bonds. The van der Waals surface area contributed by atoms with Gasteiger partial charge in [-0.05, 0) is 80.4 Å². The second-order valence-electron chi connectivity index (χ2n) is 16.5. The molecule has 6 aromatic carbocycles. The Balaban J connectivity index is 0.00000820. The summed E-state index contributed by atoms with van der Waals surface area (Å²) in [5.41, 5.74) is -0.470. The van der Waals surface area contributed by atoms with Crippen molar-refractivity contribution in [1.29, 1.82) is 0 Å². The first-order valence-electron chi connectivity index (χ1n) is 26.9. The second kappa shape index (κ2) is 15.9. The monoisotopic (exact) mass is 969 g/mol. The summed E-state index contributed by atoms with van der Waals surface area (Å²) in [6.45, 7) is 0.550. The van der Waals surface area contributed by atoms with E-state index in [0.717, 1.165) is 22.4 Å². The van der Waals surface area contributed by atoms with Crippen LogP contribution in [-0.2, 0) is 37.3 Å². The fourth-order valence-electron chi connectivity index (χ4n) is 6.92. The maximum atomic E-state index is 11.4. The Kier molecular flexibility index (Phi) is 6.95. The predicted molar refractivity (Wildman–Crippen MR) is 243 cm³/mol. The molecule has 59 heavy (non-hydrogen) atoms. The normalized spacial score (nSPS) is 16.6. The van der Waals surface area contributed by atoms with E-state index in [1.54, 1.807) is 24.3 Å². The molecule has 0 saturated heterocycles. The second-order valence-corrected chi connectivity index (χ2v) is 16.5. The standard InChI is InChI=1S/C54H52N3O.Pt/c1-52(2,3)40-24-22-35(23-25-40)37-28-29-55-46(33-37)39-30-38(31-42(32-39)54(7,8)9)43-19-15-20-48-50(43)56-51(44-18-13-14-21-49(44)58)57(48)47-27-26-41(53(4,5)6)34-45(47)36-16-11-10-12-17-36;/h10-29,31-34,58H,1-9H3;/q-1;/i1D3,2D3,3D3,22D,23D,24D,25D,28D,29D,33D;. The van der Waals surface area contributed by atoms with Gasteiger partial charge in [0.05, 0.1) is 31.9 Å². The van der Waals surface area contributed by atoms with Crippen LogP contribution in [0.2, 0.25) is 0 Å². The van der Waals surface area contributed by atoms with Crippen LogP contribution < -0.4 is 0 Å². The first-order valence-corrected chi connectivity index (χ1v) is 18.9. The van der Waals surface area contributed by atoms with Gasteiger partial charge in [0.15, 0.2) is 0 Å². The summed E-state index contributed by atoms with van der Waals surface area (Å²) >= 11 is 0. The van der Waals surface area contributed by atoms with Crippen LogP contribution in [-0.4, -0.2) is 19.6 Å². The molecule has 0 aliphatic rings. The van der Waals surface area contributed by atoms with Gasteiger partial charge in [0.25, 0.3) is 0 Å². The minimum Gasteiger partial charge on any atom is -0.507 e. The van der Waals surface area contributed by atoms with Gasteiger partial charge in [-0.25, -0.2) is 4.98 Å². The number of aromatic hydroxyl groups is 1. The SMILES string of the molecule is [2H]c1nc(-c2[c-]c(-c3cccc4c3nc(-c3ccccc3O)n4-c3ccc(C(C)(C)C)cc3-c3ccccc3)cc(C(C)(C)C)c2)c([2H])c(-c2c([2H])c([2H])c(C(C([2H])([2H])[2H])(C([2H])([2H])[2H])C([2H])([2H])[2H])c([2H])c2[2H])c1[2H].[Pt]. The molecule has 0 fully saturated rings. The van der Waals surface area contributed by atoms with Gasteiger partial charge in [0.1, 0.15) is 11.6 Å². The van der Waals surface area contributed by atoms with E-state index in [4.69, 9.17) is 25.5 Å². The van der Waals surface area contributed by atoms with Crippen molar-refractivity contribution in [3.05, 3.63) is 168 Å². The first-order chi connectivity index (χ1) is 34.2. The molecule has 0 bridgehead atoms. The van der Waals surface area contributed by atoms with Crippen LogP contribution in [0.15, 0.2) is 146 Å². The molecule has 0 aliphatic carbocycles. The third-order valence-corrected chi connectivity index (χ3v) is 10.1. The molecule has 1 N–H and O–H groups in total. The fourth-order valence-corrected chi connectivity index (χ4v) is 6.92.